The Morgan fingerprint density at radius 3 is 2.77 bits per heavy atom. The molecule has 2 N–H and O–H groups in total. The molecule has 1 saturated heterocycles. The number of rotatable bonds is 9. The molecule has 0 saturated carbocycles. The minimum absolute atomic E-state index is 0. The molecular weight excluding hydrogens is 495 g/mol. The molecule has 0 bridgehead atoms. The summed E-state index contributed by atoms with van der Waals surface area (Å²) < 4.78 is 17.2. The molecule has 0 radical (unpaired) electrons. The average molecular weight is 532 g/mol. The quantitative estimate of drug-likeness (QED) is 0.221. The van der Waals surface area contributed by atoms with Crippen LogP contribution in [0.1, 0.15) is 38.3 Å². The first-order chi connectivity index (χ1) is 14.2. The number of benzene rings is 1. The normalized spacial score (nSPS) is 18.9. The summed E-state index contributed by atoms with van der Waals surface area (Å²) >= 11 is 0. The molecule has 2 aliphatic heterocycles. The minimum atomic E-state index is 0. The van der Waals surface area contributed by atoms with E-state index >= 15 is 0 Å². The molecule has 1 atom stereocenters. The van der Waals surface area contributed by atoms with Crippen LogP contribution in [0, 0.1) is 0 Å². The third-order valence-electron chi connectivity index (χ3n) is 5.18. The molecule has 0 aliphatic carbocycles. The van der Waals surface area contributed by atoms with E-state index in [9.17, 15) is 0 Å². The van der Waals surface area contributed by atoms with Crippen molar-refractivity contribution >= 4 is 29.9 Å². The number of guanidine groups is 1. The molecule has 170 valence electrons. The van der Waals surface area contributed by atoms with Crippen molar-refractivity contribution in [3.63, 3.8) is 0 Å². The van der Waals surface area contributed by atoms with Crippen LogP contribution in [0.25, 0.3) is 0 Å². The molecule has 3 rings (SSSR count). The highest BCUT2D eigenvalue weighted by atomic mass is 127. The van der Waals surface area contributed by atoms with Crippen LogP contribution in [-0.2, 0) is 17.7 Å². The third kappa shape index (κ3) is 7.46. The number of halogens is 1. The third-order valence-corrected chi connectivity index (χ3v) is 5.18. The SMILES string of the molecule is CCNC(=NCc1cc2c(cc1OCC)CC(C)O2)NCCCN1CCOCC1.I. The van der Waals surface area contributed by atoms with Crippen molar-refractivity contribution in [3.05, 3.63) is 23.3 Å². The predicted molar refractivity (Wildman–Crippen MR) is 132 cm³/mol. The number of nitrogens with one attached hydrogen (secondary N) is 2. The Kier molecular flexibility index (Phi) is 11.0. The highest BCUT2D eigenvalue weighted by Gasteiger charge is 2.21. The van der Waals surface area contributed by atoms with Gasteiger partial charge in [-0.05, 0) is 45.9 Å². The number of hydrogen-bond donors (Lipinski definition) is 2. The molecule has 1 aromatic rings. The van der Waals surface area contributed by atoms with Crippen molar-refractivity contribution in [3.8, 4) is 11.5 Å². The Morgan fingerprint density at radius 1 is 1.23 bits per heavy atom. The molecule has 8 heteroatoms. The Morgan fingerprint density at radius 2 is 2.03 bits per heavy atom. The molecule has 30 heavy (non-hydrogen) atoms. The van der Waals surface area contributed by atoms with Crippen molar-refractivity contribution < 1.29 is 14.2 Å². The van der Waals surface area contributed by atoms with Gasteiger partial charge in [0.1, 0.15) is 17.6 Å². The first kappa shape index (κ1) is 25.0. The zero-order valence-electron chi connectivity index (χ0n) is 18.5. The zero-order valence-corrected chi connectivity index (χ0v) is 20.9. The fourth-order valence-electron chi connectivity index (χ4n) is 3.74. The van der Waals surface area contributed by atoms with Crippen LogP contribution >= 0.6 is 24.0 Å². The average Bonchev–Trinajstić information content (AvgIpc) is 3.09. The Balaban J connectivity index is 0.00000320. The fraction of sp³-hybridized carbons (Fsp3) is 0.682. The zero-order chi connectivity index (χ0) is 20.5. The second kappa shape index (κ2) is 13.2. The van der Waals surface area contributed by atoms with Crippen LogP contribution in [0.5, 0.6) is 11.5 Å². The van der Waals surface area contributed by atoms with E-state index in [0.29, 0.717) is 13.2 Å². The lowest BCUT2D eigenvalue weighted by Crippen LogP contribution is -2.40. The molecule has 0 spiro atoms. The van der Waals surface area contributed by atoms with E-state index in [4.69, 9.17) is 19.2 Å². The number of aliphatic imine (C=N–C) groups is 1. The minimum Gasteiger partial charge on any atom is -0.494 e. The highest BCUT2D eigenvalue weighted by molar-refractivity contribution is 14.0. The maximum atomic E-state index is 5.92. The maximum Gasteiger partial charge on any atom is 0.191 e. The number of ether oxygens (including phenoxy) is 3. The predicted octanol–water partition coefficient (Wildman–Crippen LogP) is 2.80. The maximum absolute atomic E-state index is 5.92. The van der Waals surface area contributed by atoms with Crippen LogP contribution in [0.3, 0.4) is 0 Å². The number of fused-ring (bicyclic) bond motifs is 1. The Labute approximate surface area is 197 Å². The van der Waals surface area contributed by atoms with Gasteiger partial charge in [0.05, 0.1) is 26.4 Å². The summed E-state index contributed by atoms with van der Waals surface area (Å²) in [7, 11) is 0. The molecule has 1 fully saturated rings. The summed E-state index contributed by atoms with van der Waals surface area (Å²) in [6.45, 7) is 14.0. The van der Waals surface area contributed by atoms with Crippen LogP contribution < -0.4 is 20.1 Å². The van der Waals surface area contributed by atoms with Gasteiger partial charge in [-0.15, -0.1) is 24.0 Å². The summed E-state index contributed by atoms with van der Waals surface area (Å²) in [6, 6.07) is 4.21. The largest absolute Gasteiger partial charge is 0.494 e. The van der Waals surface area contributed by atoms with Gasteiger partial charge in [0.15, 0.2) is 5.96 Å². The van der Waals surface area contributed by atoms with Gasteiger partial charge in [0, 0.05) is 43.7 Å². The van der Waals surface area contributed by atoms with Gasteiger partial charge >= 0.3 is 0 Å². The number of morpholine rings is 1. The van der Waals surface area contributed by atoms with Crippen molar-refractivity contribution in [2.24, 2.45) is 4.99 Å². The molecular formula is C22H37IN4O3. The monoisotopic (exact) mass is 532 g/mol. The van der Waals surface area contributed by atoms with E-state index in [2.05, 4.69) is 41.5 Å². The van der Waals surface area contributed by atoms with Gasteiger partial charge < -0.3 is 24.8 Å². The number of nitrogens with zero attached hydrogens (tertiary/aromatic N) is 2. The fourth-order valence-corrected chi connectivity index (χ4v) is 3.74. The summed E-state index contributed by atoms with van der Waals surface area (Å²) in [5.74, 6) is 2.72. The van der Waals surface area contributed by atoms with Gasteiger partial charge in [0.2, 0.25) is 0 Å². The molecule has 2 heterocycles. The second-order valence-corrected chi connectivity index (χ2v) is 7.56. The van der Waals surface area contributed by atoms with Crippen molar-refractivity contribution in [2.45, 2.75) is 46.3 Å². The van der Waals surface area contributed by atoms with E-state index in [1.54, 1.807) is 0 Å². The van der Waals surface area contributed by atoms with Crippen LogP contribution in [0.15, 0.2) is 17.1 Å². The van der Waals surface area contributed by atoms with Gasteiger partial charge in [-0.3, -0.25) is 4.90 Å². The molecule has 1 unspecified atom stereocenters. The molecule has 0 amide bonds. The molecule has 7 nitrogen and oxygen atoms in total. The van der Waals surface area contributed by atoms with Crippen LogP contribution in [-0.4, -0.2) is 69.5 Å². The van der Waals surface area contributed by atoms with Crippen LogP contribution in [0.2, 0.25) is 0 Å². The van der Waals surface area contributed by atoms with Crippen LogP contribution in [0.4, 0.5) is 0 Å². The highest BCUT2D eigenvalue weighted by Crippen LogP contribution is 2.35. The summed E-state index contributed by atoms with van der Waals surface area (Å²) in [6.07, 6.45) is 2.24. The van der Waals surface area contributed by atoms with Gasteiger partial charge in [-0.25, -0.2) is 4.99 Å². The van der Waals surface area contributed by atoms with Crippen molar-refractivity contribution in [2.75, 3.05) is 52.5 Å². The van der Waals surface area contributed by atoms with E-state index in [0.717, 1.165) is 81.8 Å². The molecule has 2 aliphatic rings. The standard InChI is InChI=1S/C22H36N4O3.HI/c1-4-23-22(24-7-6-8-26-9-11-27-12-10-26)25-16-19-15-21-18(13-17(3)29-21)14-20(19)28-5-2;/h14-15,17H,4-13,16H2,1-3H3,(H2,23,24,25);1H. The summed E-state index contributed by atoms with van der Waals surface area (Å²) in [5.41, 5.74) is 2.28. The van der Waals surface area contributed by atoms with Gasteiger partial charge in [-0.2, -0.15) is 0 Å². The lowest BCUT2D eigenvalue weighted by atomic mass is 10.1. The van der Waals surface area contributed by atoms with E-state index in [1.807, 2.05) is 6.92 Å². The van der Waals surface area contributed by atoms with Gasteiger partial charge in [-0.1, -0.05) is 0 Å². The first-order valence-corrected chi connectivity index (χ1v) is 11.0. The smallest absolute Gasteiger partial charge is 0.191 e. The Bertz CT molecular complexity index is 681. The van der Waals surface area contributed by atoms with Crippen molar-refractivity contribution in [1.29, 1.82) is 0 Å². The van der Waals surface area contributed by atoms with E-state index < -0.39 is 0 Å². The summed E-state index contributed by atoms with van der Waals surface area (Å²) in [5, 5.41) is 6.79. The van der Waals surface area contributed by atoms with E-state index in [1.165, 1.54) is 5.56 Å². The van der Waals surface area contributed by atoms with Crippen molar-refractivity contribution in [1.82, 2.24) is 15.5 Å². The second-order valence-electron chi connectivity index (χ2n) is 7.56. The lowest BCUT2D eigenvalue weighted by molar-refractivity contribution is 0.0376. The Hall–Kier alpha value is -1.26. The van der Waals surface area contributed by atoms with E-state index in [-0.39, 0.29) is 30.1 Å². The summed E-state index contributed by atoms with van der Waals surface area (Å²) in [4.78, 5) is 7.23. The molecule has 1 aromatic carbocycles. The van der Waals surface area contributed by atoms with Gasteiger partial charge in [0.25, 0.3) is 0 Å². The topological polar surface area (TPSA) is 67.4 Å². The lowest BCUT2D eigenvalue weighted by Gasteiger charge is -2.26. The molecule has 0 aromatic heterocycles. The first-order valence-electron chi connectivity index (χ1n) is 11.0. The number of hydrogen-bond acceptors (Lipinski definition) is 5.